The van der Waals surface area contributed by atoms with Gasteiger partial charge in [0.05, 0.1) is 4.47 Å². The van der Waals surface area contributed by atoms with E-state index in [4.69, 9.17) is 0 Å². The standard InChI is InChI=1S/C13H6Br2F2O/c14-10-3-2-8(16)6-9(10)13(18)7-1-4-12(17)11(15)5-7/h1-6H. The van der Waals surface area contributed by atoms with Gasteiger partial charge in [0.2, 0.25) is 0 Å². The first-order valence-electron chi connectivity index (χ1n) is 4.94. The summed E-state index contributed by atoms with van der Waals surface area (Å²) in [5, 5.41) is 0. The zero-order valence-electron chi connectivity index (χ0n) is 8.88. The van der Waals surface area contributed by atoms with E-state index < -0.39 is 11.6 Å². The molecule has 0 fully saturated rings. The number of hydrogen-bond acceptors (Lipinski definition) is 1. The number of hydrogen-bond donors (Lipinski definition) is 0. The third-order valence-corrected chi connectivity index (χ3v) is 3.65. The average Bonchev–Trinajstić information content (AvgIpc) is 2.35. The molecule has 0 aliphatic rings. The quantitative estimate of drug-likeness (QED) is 0.694. The first-order valence-corrected chi connectivity index (χ1v) is 6.52. The summed E-state index contributed by atoms with van der Waals surface area (Å²) >= 11 is 6.19. The minimum atomic E-state index is -0.497. The Morgan fingerprint density at radius 1 is 0.944 bits per heavy atom. The highest BCUT2D eigenvalue weighted by Crippen LogP contribution is 2.23. The van der Waals surface area contributed by atoms with E-state index in [2.05, 4.69) is 31.9 Å². The Morgan fingerprint density at radius 2 is 1.67 bits per heavy atom. The fraction of sp³-hybridized carbons (Fsp3) is 0. The Bertz CT molecular complexity index is 626. The van der Waals surface area contributed by atoms with E-state index >= 15 is 0 Å². The van der Waals surface area contributed by atoms with Crippen molar-refractivity contribution in [2.75, 3.05) is 0 Å². The van der Waals surface area contributed by atoms with Gasteiger partial charge in [-0.1, -0.05) is 15.9 Å². The summed E-state index contributed by atoms with van der Waals surface area (Å²) in [6.07, 6.45) is 0. The number of rotatable bonds is 2. The Hall–Kier alpha value is -1.07. The second kappa shape index (κ2) is 5.28. The van der Waals surface area contributed by atoms with Gasteiger partial charge >= 0.3 is 0 Å². The second-order valence-corrected chi connectivity index (χ2v) is 5.29. The predicted molar refractivity (Wildman–Crippen MR) is 71.6 cm³/mol. The lowest BCUT2D eigenvalue weighted by Crippen LogP contribution is -2.03. The van der Waals surface area contributed by atoms with Gasteiger partial charge in [-0.15, -0.1) is 0 Å². The molecular formula is C13H6Br2F2O. The van der Waals surface area contributed by atoms with Crippen LogP contribution in [0.1, 0.15) is 15.9 Å². The molecule has 0 bridgehead atoms. The van der Waals surface area contributed by atoms with Crippen LogP contribution in [0.4, 0.5) is 8.78 Å². The molecule has 92 valence electrons. The van der Waals surface area contributed by atoms with Crippen molar-refractivity contribution in [1.82, 2.24) is 0 Å². The van der Waals surface area contributed by atoms with Gasteiger partial charge in [0.15, 0.2) is 5.78 Å². The van der Waals surface area contributed by atoms with Crippen molar-refractivity contribution in [3.63, 3.8) is 0 Å². The number of carbonyl (C=O) groups excluding carboxylic acids is 1. The lowest BCUT2D eigenvalue weighted by molar-refractivity contribution is 0.103. The van der Waals surface area contributed by atoms with Gasteiger partial charge in [-0.25, -0.2) is 8.78 Å². The maximum Gasteiger partial charge on any atom is 0.194 e. The maximum absolute atomic E-state index is 13.1. The predicted octanol–water partition coefficient (Wildman–Crippen LogP) is 4.72. The van der Waals surface area contributed by atoms with E-state index in [1.807, 2.05) is 0 Å². The van der Waals surface area contributed by atoms with Gasteiger partial charge in [0, 0.05) is 15.6 Å². The first kappa shape index (κ1) is 13.4. The molecule has 0 unspecified atom stereocenters. The average molecular weight is 376 g/mol. The van der Waals surface area contributed by atoms with Crippen LogP contribution in [0.2, 0.25) is 0 Å². The summed E-state index contributed by atoms with van der Waals surface area (Å²) in [4.78, 5) is 12.1. The lowest BCUT2D eigenvalue weighted by Gasteiger charge is -2.05. The summed E-state index contributed by atoms with van der Waals surface area (Å²) in [6.45, 7) is 0. The molecule has 0 atom stereocenters. The van der Waals surface area contributed by atoms with E-state index in [1.165, 1.54) is 30.3 Å². The highest BCUT2D eigenvalue weighted by atomic mass is 79.9. The van der Waals surface area contributed by atoms with Gasteiger partial charge in [-0.3, -0.25) is 4.79 Å². The van der Waals surface area contributed by atoms with Crippen LogP contribution >= 0.6 is 31.9 Å². The van der Waals surface area contributed by atoms with Gasteiger partial charge < -0.3 is 0 Å². The maximum atomic E-state index is 13.1. The highest BCUT2D eigenvalue weighted by molar-refractivity contribution is 9.10. The molecular weight excluding hydrogens is 370 g/mol. The van der Waals surface area contributed by atoms with Crippen molar-refractivity contribution >= 4 is 37.6 Å². The van der Waals surface area contributed by atoms with Gasteiger partial charge in [-0.05, 0) is 52.3 Å². The number of halogens is 4. The minimum Gasteiger partial charge on any atom is -0.289 e. The monoisotopic (exact) mass is 374 g/mol. The topological polar surface area (TPSA) is 17.1 Å². The highest BCUT2D eigenvalue weighted by Gasteiger charge is 2.14. The summed E-state index contributed by atoms with van der Waals surface area (Å²) in [5.74, 6) is -1.32. The molecule has 2 aromatic carbocycles. The third kappa shape index (κ3) is 2.67. The molecule has 0 saturated heterocycles. The summed E-state index contributed by atoms with van der Waals surface area (Å²) in [7, 11) is 0. The fourth-order valence-corrected chi connectivity index (χ4v) is 2.27. The molecule has 0 N–H and O–H groups in total. The van der Waals surface area contributed by atoms with Crippen LogP contribution < -0.4 is 0 Å². The van der Waals surface area contributed by atoms with Crippen molar-refractivity contribution < 1.29 is 13.6 Å². The van der Waals surface area contributed by atoms with Gasteiger partial charge in [0.1, 0.15) is 11.6 Å². The van der Waals surface area contributed by atoms with Gasteiger partial charge in [-0.2, -0.15) is 0 Å². The molecule has 0 aliphatic carbocycles. The molecule has 2 aromatic rings. The molecule has 0 aromatic heterocycles. The van der Waals surface area contributed by atoms with Crippen LogP contribution in [0.15, 0.2) is 45.3 Å². The molecule has 0 radical (unpaired) electrons. The van der Waals surface area contributed by atoms with Crippen molar-refractivity contribution in [2.24, 2.45) is 0 Å². The molecule has 0 spiro atoms. The van der Waals surface area contributed by atoms with E-state index in [0.717, 1.165) is 6.07 Å². The van der Waals surface area contributed by atoms with Crippen LogP contribution in [0.5, 0.6) is 0 Å². The smallest absolute Gasteiger partial charge is 0.194 e. The van der Waals surface area contributed by atoms with Crippen LogP contribution in [0.25, 0.3) is 0 Å². The fourth-order valence-electron chi connectivity index (χ4n) is 1.46. The molecule has 2 rings (SSSR count). The molecule has 0 amide bonds. The van der Waals surface area contributed by atoms with E-state index in [1.54, 1.807) is 0 Å². The summed E-state index contributed by atoms with van der Waals surface area (Å²) in [6, 6.07) is 7.77. The van der Waals surface area contributed by atoms with E-state index in [-0.39, 0.29) is 21.4 Å². The van der Waals surface area contributed by atoms with Gasteiger partial charge in [0.25, 0.3) is 0 Å². The van der Waals surface area contributed by atoms with Crippen LogP contribution in [0, 0.1) is 11.6 Å². The zero-order chi connectivity index (χ0) is 13.3. The Labute approximate surface area is 119 Å². The van der Waals surface area contributed by atoms with Crippen LogP contribution in [-0.2, 0) is 0 Å². The van der Waals surface area contributed by atoms with Crippen molar-refractivity contribution in [3.05, 3.63) is 68.1 Å². The van der Waals surface area contributed by atoms with Crippen molar-refractivity contribution in [2.45, 2.75) is 0 Å². The largest absolute Gasteiger partial charge is 0.289 e. The minimum absolute atomic E-state index is 0.195. The molecule has 0 saturated carbocycles. The first-order chi connectivity index (χ1) is 8.49. The molecule has 18 heavy (non-hydrogen) atoms. The molecule has 0 aliphatic heterocycles. The van der Waals surface area contributed by atoms with Crippen LogP contribution in [-0.4, -0.2) is 5.78 Å². The zero-order valence-corrected chi connectivity index (χ0v) is 12.1. The molecule has 0 heterocycles. The Kier molecular flexibility index (Phi) is 3.92. The Morgan fingerprint density at radius 3 is 2.33 bits per heavy atom. The van der Waals surface area contributed by atoms with Crippen LogP contribution in [0.3, 0.4) is 0 Å². The number of carbonyl (C=O) groups is 1. The third-order valence-electron chi connectivity index (χ3n) is 2.35. The normalized spacial score (nSPS) is 10.4. The molecule has 5 heteroatoms. The summed E-state index contributed by atoms with van der Waals surface area (Å²) in [5.41, 5.74) is 0.489. The summed E-state index contributed by atoms with van der Waals surface area (Å²) < 4.78 is 26.9. The number of ketones is 1. The van der Waals surface area contributed by atoms with E-state index in [9.17, 15) is 13.6 Å². The van der Waals surface area contributed by atoms with E-state index in [0.29, 0.717) is 4.47 Å². The SMILES string of the molecule is O=C(c1ccc(F)c(Br)c1)c1cc(F)ccc1Br. The second-order valence-electron chi connectivity index (χ2n) is 3.58. The lowest BCUT2D eigenvalue weighted by atomic mass is 10.0. The van der Waals surface area contributed by atoms with Crippen molar-refractivity contribution in [1.29, 1.82) is 0 Å². The number of benzene rings is 2. The Balaban J connectivity index is 2.47. The molecule has 1 nitrogen and oxygen atoms in total. The van der Waals surface area contributed by atoms with Crippen molar-refractivity contribution in [3.8, 4) is 0 Å².